The molecule has 0 saturated heterocycles. The SMILES string of the molecule is Cc1cnc(-c2noc(-c3cc(Cl)cc(Cl)c3N)n2)nc1. The molecule has 21 heavy (non-hydrogen) atoms. The molecule has 0 amide bonds. The summed E-state index contributed by atoms with van der Waals surface area (Å²) in [4.78, 5) is 12.5. The van der Waals surface area contributed by atoms with Gasteiger partial charge in [0.15, 0.2) is 0 Å². The minimum atomic E-state index is 0.205. The Balaban J connectivity index is 2.04. The van der Waals surface area contributed by atoms with Crippen LogP contribution in [0.3, 0.4) is 0 Å². The Bertz CT molecular complexity index is 801. The zero-order chi connectivity index (χ0) is 15.0. The van der Waals surface area contributed by atoms with Crippen LogP contribution >= 0.6 is 23.2 Å². The van der Waals surface area contributed by atoms with Gasteiger partial charge in [-0.05, 0) is 24.6 Å². The first-order valence-electron chi connectivity index (χ1n) is 5.92. The summed E-state index contributed by atoms with van der Waals surface area (Å²) < 4.78 is 5.19. The van der Waals surface area contributed by atoms with Gasteiger partial charge in [-0.15, -0.1) is 0 Å². The summed E-state index contributed by atoms with van der Waals surface area (Å²) in [5.41, 5.74) is 7.63. The highest BCUT2D eigenvalue weighted by molar-refractivity contribution is 6.37. The van der Waals surface area contributed by atoms with E-state index < -0.39 is 0 Å². The Morgan fingerprint density at radius 2 is 1.81 bits per heavy atom. The predicted octanol–water partition coefficient (Wildman–Crippen LogP) is 3.39. The van der Waals surface area contributed by atoms with Gasteiger partial charge >= 0.3 is 0 Å². The van der Waals surface area contributed by atoms with E-state index in [0.29, 0.717) is 27.1 Å². The van der Waals surface area contributed by atoms with Crippen LogP contribution in [-0.2, 0) is 0 Å². The first kappa shape index (κ1) is 13.8. The van der Waals surface area contributed by atoms with Gasteiger partial charge < -0.3 is 10.3 Å². The third kappa shape index (κ3) is 2.68. The van der Waals surface area contributed by atoms with Crippen molar-refractivity contribution >= 4 is 28.9 Å². The van der Waals surface area contributed by atoms with Crippen molar-refractivity contribution in [2.24, 2.45) is 0 Å². The molecule has 0 atom stereocenters. The molecule has 2 aromatic heterocycles. The van der Waals surface area contributed by atoms with Crippen molar-refractivity contribution < 1.29 is 4.52 Å². The Morgan fingerprint density at radius 3 is 2.52 bits per heavy atom. The standard InChI is InChI=1S/C13H9Cl2N5O/c1-6-4-17-11(18-5-6)12-19-13(21-20-12)8-2-7(14)3-9(15)10(8)16/h2-5H,16H2,1H3. The lowest BCUT2D eigenvalue weighted by Gasteiger charge is -2.03. The van der Waals surface area contributed by atoms with Crippen LogP contribution in [0.25, 0.3) is 23.1 Å². The van der Waals surface area contributed by atoms with Gasteiger partial charge in [0.1, 0.15) is 0 Å². The van der Waals surface area contributed by atoms with E-state index in [1.165, 1.54) is 0 Å². The lowest BCUT2D eigenvalue weighted by molar-refractivity contribution is 0.432. The number of benzene rings is 1. The van der Waals surface area contributed by atoms with Gasteiger partial charge in [-0.3, -0.25) is 0 Å². The zero-order valence-corrected chi connectivity index (χ0v) is 12.4. The summed E-state index contributed by atoms with van der Waals surface area (Å²) in [7, 11) is 0. The molecule has 2 heterocycles. The lowest BCUT2D eigenvalue weighted by atomic mass is 10.2. The maximum absolute atomic E-state index is 5.99. The summed E-state index contributed by atoms with van der Waals surface area (Å²) in [6.07, 6.45) is 3.34. The van der Waals surface area contributed by atoms with Gasteiger partial charge in [-0.2, -0.15) is 4.98 Å². The van der Waals surface area contributed by atoms with Crippen LogP contribution in [0.4, 0.5) is 5.69 Å². The van der Waals surface area contributed by atoms with E-state index in [0.717, 1.165) is 5.56 Å². The molecule has 3 aromatic rings. The molecule has 1 aromatic carbocycles. The van der Waals surface area contributed by atoms with E-state index in [4.69, 9.17) is 33.5 Å². The van der Waals surface area contributed by atoms with E-state index in [-0.39, 0.29) is 11.7 Å². The number of nitrogens with two attached hydrogens (primary N) is 1. The molecular formula is C13H9Cl2N5O. The average Bonchev–Trinajstić information content (AvgIpc) is 2.93. The Labute approximate surface area is 129 Å². The number of hydrogen-bond donors (Lipinski definition) is 1. The predicted molar refractivity (Wildman–Crippen MR) is 79.9 cm³/mol. The van der Waals surface area contributed by atoms with Gasteiger partial charge in [0.25, 0.3) is 5.89 Å². The highest BCUT2D eigenvalue weighted by Gasteiger charge is 2.17. The molecule has 106 valence electrons. The summed E-state index contributed by atoms with van der Waals surface area (Å²) in [6.45, 7) is 1.89. The number of halogens is 2. The van der Waals surface area contributed by atoms with Crippen LogP contribution in [0.5, 0.6) is 0 Å². The Morgan fingerprint density at radius 1 is 1.10 bits per heavy atom. The van der Waals surface area contributed by atoms with Crippen molar-refractivity contribution in [3.8, 4) is 23.1 Å². The maximum Gasteiger partial charge on any atom is 0.260 e. The monoisotopic (exact) mass is 321 g/mol. The lowest BCUT2D eigenvalue weighted by Crippen LogP contribution is -1.93. The van der Waals surface area contributed by atoms with Gasteiger partial charge in [0.2, 0.25) is 11.6 Å². The molecule has 8 heteroatoms. The second kappa shape index (κ2) is 5.31. The van der Waals surface area contributed by atoms with E-state index in [1.807, 2.05) is 6.92 Å². The molecule has 0 unspecified atom stereocenters. The molecule has 0 bridgehead atoms. The molecule has 3 rings (SSSR count). The molecule has 0 fully saturated rings. The summed E-state index contributed by atoms with van der Waals surface area (Å²) in [6, 6.07) is 3.15. The zero-order valence-electron chi connectivity index (χ0n) is 10.8. The third-order valence-electron chi connectivity index (χ3n) is 2.73. The fourth-order valence-corrected chi connectivity index (χ4v) is 2.19. The largest absolute Gasteiger partial charge is 0.397 e. The van der Waals surface area contributed by atoms with Crippen LogP contribution < -0.4 is 5.73 Å². The minimum absolute atomic E-state index is 0.205. The molecule has 2 N–H and O–H groups in total. The van der Waals surface area contributed by atoms with Crippen LogP contribution in [0.15, 0.2) is 29.0 Å². The smallest absolute Gasteiger partial charge is 0.260 e. The number of rotatable bonds is 2. The van der Waals surface area contributed by atoms with Crippen molar-refractivity contribution in [3.05, 3.63) is 40.1 Å². The van der Waals surface area contributed by atoms with E-state index in [2.05, 4.69) is 20.1 Å². The van der Waals surface area contributed by atoms with Crippen LogP contribution in [0.2, 0.25) is 10.0 Å². The molecule has 6 nitrogen and oxygen atoms in total. The van der Waals surface area contributed by atoms with Crippen molar-refractivity contribution in [1.29, 1.82) is 0 Å². The van der Waals surface area contributed by atoms with E-state index in [1.54, 1.807) is 24.5 Å². The second-order valence-corrected chi connectivity index (χ2v) is 5.20. The average molecular weight is 322 g/mol. The minimum Gasteiger partial charge on any atom is -0.397 e. The molecule has 0 radical (unpaired) electrons. The fraction of sp³-hybridized carbons (Fsp3) is 0.0769. The van der Waals surface area contributed by atoms with Gasteiger partial charge in [0, 0.05) is 17.4 Å². The number of aryl methyl sites for hydroxylation is 1. The van der Waals surface area contributed by atoms with Crippen LogP contribution in [0, 0.1) is 6.92 Å². The van der Waals surface area contributed by atoms with Gasteiger partial charge in [-0.1, -0.05) is 28.4 Å². The second-order valence-electron chi connectivity index (χ2n) is 4.36. The molecule has 0 aliphatic rings. The molecule has 0 aliphatic carbocycles. The van der Waals surface area contributed by atoms with E-state index >= 15 is 0 Å². The Hall–Kier alpha value is -2.18. The number of nitrogens with zero attached hydrogens (tertiary/aromatic N) is 4. The topological polar surface area (TPSA) is 90.7 Å². The number of anilines is 1. The van der Waals surface area contributed by atoms with Gasteiger partial charge in [-0.25, -0.2) is 9.97 Å². The van der Waals surface area contributed by atoms with Crippen LogP contribution in [0.1, 0.15) is 5.56 Å². The normalized spacial score (nSPS) is 10.8. The summed E-state index contributed by atoms with van der Waals surface area (Å²) in [5.74, 6) is 0.832. The summed E-state index contributed by atoms with van der Waals surface area (Å²) >= 11 is 11.9. The van der Waals surface area contributed by atoms with Gasteiger partial charge in [0.05, 0.1) is 16.3 Å². The number of hydrogen-bond acceptors (Lipinski definition) is 6. The first-order valence-corrected chi connectivity index (χ1v) is 6.68. The van der Waals surface area contributed by atoms with Crippen molar-refractivity contribution in [1.82, 2.24) is 20.1 Å². The highest BCUT2D eigenvalue weighted by atomic mass is 35.5. The molecular weight excluding hydrogens is 313 g/mol. The highest BCUT2D eigenvalue weighted by Crippen LogP contribution is 2.34. The number of nitrogen functional groups attached to an aromatic ring is 1. The Kier molecular flexibility index (Phi) is 3.48. The van der Waals surface area contributed by atoms with Crippen molar-refractivity contribution in [2.75, 3.05) is 5.73 Å². The number of aromatic nitrogens is 4. The molecule has 0 spiro atoms. The molecule has 0 saturated carbocycles. The fourth-order valence-electron chi connectivity index (χ4n) is 1.69. The first-order chi connectivity index (χ1) is 10.0. The quantitative estimate of drug-likeness (QED) is 0.727. The molecule has 0 aliphatic heterocycles. The van der Waals surface area contributed by atoms with E-state index in [9.17, 15) is 0 Å². The summed E-state index contributed by atoms with van der Waals surface area (Å²) in [5, 5.41) is 4.59. The maximum atomic E-state index is 5.99. The third-order valence-corrected chi connectivity index (χ3v) is 3.26. The van der Waals surface area contributed by atoms with Crippen LogP contribution in [-0.4, -0.2) is 20.1 Å². The van der Waals surface area contributed by atoms with Crippen molar-refractivity contribution in [2.45, 2.75) is 6.92 Å². The van der Waals surface area contributed by atoms with Crippen molar-refractivity contribution in [3.63, 3.8) is 0 Å².